The number of hydrogen-bond donors (Lipinski definition) is 1. The molecule has 2 aromatic heterocycles. The highest BCUT2D eigenvalue weighted by Crippen LogP contribution is 2.26. The van der Waals surface area contributed by atoms with E-state index < -0.39 is 10.0 Å². The highest BCUT2D eigenvalue weighted by atomic mass is 32.2. The Kier molecular flexibility index (Phi) is 4.24. The van der Waals surface area contributed by atoms with Gasteiger partial charge in [-0.15, -0.1) is 10.2 Å². The number of anilines is 1. The van der Waals surface area contributed by atoms with E-state index in [0.717, 1.165) is 30.2 Å². The van der Waals surface area contributed by atoms with Crippen LogP contribution in [0.3, 0.4) is 0 Å². The molecule has 5 rings (SSSR count). The fraction of sp³-hybridized carbons (Fsp3) is 0.200. The van der Waals surface area contributed by atoms with Gasteiger partial charge in [-0.3, -0.25) is 14.7 Å². The molecule has 0 saturated carbocycles. The molecule has 8 nitrogen and oxygen atoms in total. The lowest BCUT2D eigenvalue weighted by Crippen LogP contribution is -2.48. The maximum absolute atomic E-state index is 12.1. The standard InChI is InChI=1S/C20H18N6O2S/c27-29(28)18-4-2-1-3-16(18)20(25-29)22-11-14-12-26(13-14)19-6-5-17(23-24-19)15-7-9-21-10-8-15/h1-10,14H,11-13H2,(H,22,25). The third kappa shape index (κ3) is 3.33. The van der Waals surface area contributed by atoms with Gasteiger partial charge in [-0.2, -0.15) is 0 Å². The smallest absolute Gasteiger partial charge is 0.263 e. The number of fused-ring (bicyclic) bond motifs is 1. The van der Waals surface area contributed by atoms with Crippen molar-refractivity contribution in [3.8, 4) is 11.3 Å². The summed E-state index contributed by atoms with van der Waals surface area (Å²) < 4.78 is 26.8. The lowest BCUT2D eigenvalue weighted by molar-refractivity contribution is 0.416. The molecule has 0 spiro atoms. The van der Waals surface area contributed by atoms with Gasteiger partial charge < -0.3 is 4.90 Å². The molecule has 0 unspecified atom stereocenters. The fourth-order valence-electron chi connectivity index (χ4n) is 3.51. The van der Waals surface area contributed by atoms with Crippen molar-refractivity contribution in [3.63, 3.8) is 0 Å². The lowest BCUT2D eigenvalue weighted by atomic mass is 10.0. The van der Waals surface area contributed by atoms with E-state index in [1.54, 1.807) is 30.6 Å². The van der Waals surface area contributed by atoms with Crippen LogP contribution in [0.15, 0.2) is 70.8 Å². The van der Waals surface area contributed by atoms with Crippen LogP contribution in [0.25, 0.3) is 11.3 Å². The van der Waals surface area contributed by atoms with Gasteiger partial charge in [-0.05, 0) is 36.4 Å². The fourth-order valence-corrected chi connectivity index (χ4v) is 4.77. The topological polar surface area (TPSA) is 100 Å². The van der Waals surface area contributed by atoms with Crippen LogP contribution in [0.5, 0.6) is 0 Å². The van der Waals surface area contributed by atoms with Crippen molar-refractivity contribution >= 4 is 21.7 Å². The van der Waals surface area contributed by atoms with E-state index in [1.165, 1.54) is 0 Å². The van der Waals surface area contributed by atoms with Crippen molar-refractivity contribution < 1.29 is 8.42 Å². The molecule has 4 heterocycles. The van der Waals surface area contributed by atoms with Gasteiger partial charge >= 0.3 is 0 Å². The molecule has 1 saturated heterocycles. The molecule has 1 aromatic carbocycles. The molecule has 2 aliphatic heterocycles. The lowest BCUT2D eigenvalue weighted by Gasteiger charge is -2.39. The van der Waals surface area contributed by atoms with Crippen molar-refractivity contribution in [2.75, 3.05) is 24.5 Å². The zero-order valence-electron chi connectivity index (χ0n) is 15.4. The first-order chi connectivity index (χ1) is 14.1. The Bertz CT molecular complexity index is 1170. The largest absolute Gasteiger partial charge is 0.354 e. The summed E-state index contributed by atoms with van der Waals surface area (Å²) in [5, 5.41) is 8.63. The first-order valence-electron chi connectivity index (χ1n) is 9.26. The first kappa shape index (κ1) is 17.7. The van der Waals surface area contributed by atoms with Crippen LogP contribution < -0.4 is 9.62 Å². The van der Waals surface area contributed by atoms with Gasteiger partial charge in [0.15, 0.2) is 5.82 Å². The molecule has 3 aromatic rings. The summed E-state index contributed by atoms with van der Waals surface area (Å²) in [6.07, 6.45) is 3.46. The molecule has 0 amide bonds. The predicted octanol–water partition coefficient (Wildman–Crippen LogP) is 1.71. The SMILES string of the molecule is O=S1(=O)NC(=NCC2CN(c3ccc(-c4ccncc4)nn3)C2)c2ccccc21. The number of benzene rings is 1. The molecule has 1 fully saturated rings. The molecule has 2 aliphatic rings. The van der Waals surface area contributed by atoms with Crippen LogP contribution in [-0.2, 0) is 10.0 Å². The number of sulfonamides is 1. The number of aliphatic imine (C=N–C) groups is 1. The number of nitrogens with zero attached hydrogens (tertiary/aromatic N) is 5. The van der Waals surface area contributed by atoms with Crippen molar-refractivity contribution in [3.05, 3.63) is 66.5 Å². The van der Waals surface area contributed by atoms with Crippen molar-refractivity contribution in [2.45, 2.75) is 4.90 Å². The monoisotopic (exact) mass is 406 g/mol. The Labute approximate surface area is 168 Å². The second-order valence-electron chi connectivity index (χ2n) is 7.07. The number of aromatic nitrogens is 3. The molecule has 0 aliphatic carbocycles. The Morgan fingerprint density at radius 1 is 1.03 bits per heavy atom. The van der Waals surface area contributed by atoms with Gasteiger partial charge in [0.2, 0.25) is 0 Å². The summed E-state index contributed by atoms with van der Waals surface area (Å²) in [4.78, 5) is 11.0. The summed E-state index contributed by atoms with van der Waals surface area (Å²) in [5.41, 5.74) is 2.43. The average Bonchev–Trinajstić information content (AvgIpc) is 2.98. The van der Waals surface area contributed by atoms with Crippen LogP contribution in [0, 0.1) is 5.92 Å². The molecular weight excluding hydrogens is 388 g/mol. The van der Waals surface area contributed by atoms with Gasteiger partial charge in [0.1, 0.15) is 5.84 Å². The zero-order valence-corrected chi connectivity index (χ0v) is 16.2. The number of pyridine rings is 1. The molecule has 1 N–H and O–H groups in total. The normalized spacial score (nSPS) is 18.9. The summed E-state index contributed by atoms with van der Waals surface area (Å²) >= 11 is 0. The summed E-state index contributed by atoms with van der Waals surface area (Å²) in [7, 11) is -3.49. The van der Waals surface area contributed by atoms with Gasteiger partial charge in [-0.25, -0.2) is 8.42 Å². The molecule has 0 bridgehead atoms. The van der Waals surface area contributed by atoms with E-state index >= 15 is 0 Å². The van der Waals surface area contributed by atoms with Crippen molar-refractivity contribution in [2.24, 2.45) is 10.9 Å². The number of nitrogens with one attached hydrogen (secondary N) is 1. The number of hydrogen-bond acceptors (Lipinski definition) is 7. The third-order valence-corrected chi connectivity index (χ3v) is 6.48. The average molecular weight is 406 g/mol. The van der Waals surface area contributed by atoms with Crippen LogP contribution in [0.4, 0.5) is 5.82 Å². The highest BCUT2D eigenvalue weighted by molar-refractivity contribution is 7.90. The summed E-state index contributed by atoms with van der Waals surface area (Å²) in [6, 6.07) is 14.6. The molecule has 9 heteroatoms. The van der Waals surface area contributed by atoms with E-state index in [-0.39, 0.29) is 0 Å². The molecular formula is C20H18N6O2S. The molecule has 146 valence electrons. The minimum atomic E-state index is -3.49. The van der Waals surface area contributed by atoms with E-state index in [9.17, 15) is 8.42 Å². The maximum Gasteiger partial charge on any atom is 0.263 e. The number of amidine groups is 1. The Balaban J connectivity index is 1.22. The van der Waals surface area contributed by atoms with E-state index in [1.807, 2.05) is 30.3 Å². The van der Waals surface area contributed by atoms with Gasteiger partial charge in [0.25, 0.3) is 10.0 Å². The second-order valence-corrected chi connectivity index (χ2v) is 8.73. The minimum Gasteiger partial charge on any atom is -0.354 e. The Hall–Kier alpha value is -3.33. The zero-order chi connectivity index (χ0) is 19.8. The number of rotatable bonds is 4. The second kappa shape index (κ2) is 6.93. The van der Waals surface area contributed by atoms with Gasteiger partial charge in [-0.1, -0.05) is 12.1 Å². The molecule has 29 heavy (non-hydrogen) atoms. The quantitative estimate of drug-likeness (QED) is 0.708. The summed E-state index contributed by atoms with van der Waals surface area (Å²) in [5.74, 6) is 1.61. The Morgan fingerprint density at radius 2 is 1.83 bits per heavy atom. The van der Waals surface area contributed by atoms with Crippen LogP contribution in [0.2, 0.25) is 0 Å². The Morgan fingerprint density at radius 3 is 2.59 bits per heavy atom. The van der Waals surface area contributed by atoms with Crippen LogP contribution in [0.1, 0.15) is 5.56 Å². The van der Waals surface area contributed by atoms with E-state index in [4.69, 9.17) is 0 Å². The summed E-state index contributed by atoms with van der Waals surface area (Å²) in [6.45, 7) is 2.19. The molecule has 0 atom stereocenters. The first-order valence-corrected chi connectivity index (χ1v) is 10.7. The predicted molar refractivity (Wildman–Crippen MR) is 109 cm³/mol. The van der Waals surface area contributed by atoms with E-state index in [2.05, 4.69) is 29.8 Å². The van der Waals surface area contributed by atoms with E-state index in [0.29, 0.717) is 28.8 Å². The van der Waals surface area contributed by atoms with Crippen LogP contribution in [-0.4, -0.2) is 49.1 Å². The minimum absolute atomic E-state index is 0.290. The van der Waals surface area contributed by atoms with Gasteiger partial charge in [0, 0.05) is 49.1 Å². The maximum atomic E-state index is 12.1. The van der Waals surface area contributed by atoms with Gasteiger partial charge in [0.05, 0.1) is 10.6 Å². The van der Waals surface area contributed by atoms with Crippen molar-refractivity contribution in [1.82, 2.24) is 19.9 Å². The molecule has 0 radical (unpaired) electrons. The third-order valence-electron chi connectivity index (χ3n) is 5.08. The van der Waals surface area contributed by atoms with Crippen LogP contribution >= 0.6 is 0 Å². The van der Waals surface area contributed by atoms with Crippen molar-refractivity contribution in [1.29, 1.82) is 0 Å². The highest BCUT2D eigenvalue weighted by Gasteiger charge is 2.32.